The zero-order valence-electron chi connectivity index (χ0n) is 13.3. The van der Waals surface area contributed by atoms with Crippen LogP contribution in [0.4, 0.5) is 5.69 Å². The minimum atomic E-state index is -0.166. The molecule has 3 aromatic carbocycles. The second kappa shape index (κ2) is 6.53. The Morgan fingerprint density at radius 3 is 2.57 bits per heavy atom. The van der Waals surface area contributed by atoms with Crippen molar-refractivity contribution in [3.05, 3.63) is 71.8 Å². The number of ether oxygens (including phenoxy) is 1. The monoisotopic (exact) mass is 305 g/mol. The summed E-state index contributed by atoms with van der Waals surface area (Å²) >= 11 is 0. The van der Waals surface area contributed by atoms with Crippen LogP contribution in [0.2, 0.25) is 0 Å². The summed E-state index contributed by atoms with van der Waals surface area (Å²) in [5, 5.41) is 4.97. The molecule has 0 saturated heterocycles. The van der Waals surface area contributed by atoms with E-state index in [0.717, 1.165) is 27.8 Å². The molecule has 0 aliphatic carbocycles. The predicted octanol–water partition coefficient (Wildman–Crippen LogP) is 4.47. The van der Waals surface area contributed by atoms with Gasteiger partial charge in [0.25, 0.3) is 5.91 Å². The lowest BCUT2D eigenvalue weighted by molar-refractivity contribution is -0.118. The first kappa shape index (κ1) is 15.1. The molecule has 0 atom stereocenters. The molecule has 0 unspecified atom stereocenters. The van der Waals surface area contributed by atoms with Gasteiger partial charge >= 0.3 is 0 Å². The smallest absolute Gasteiger partial charge is 0.262 e. The lowest BCUT2D eigenvalue weighted by Crippen LogP contribution is -2.20. The first-order valence-corrected chi connectivity index (χ1v) is 7.61. The molecule has 0 radical (unpaired) electrons. The highest BCUT2D eigenvalue weighted by Gasteiger charge is 2.06. The summed E-state index contributed by atoms with van der Waals surface area (Å²) in [7, 11) is 0. The third-order valence-electron chi connectivity index (χ3n) is 3.90. The highest BCUT2D eigenvalue weighted by Crippen LogP contribution is 2.25. The fourth-order valence-electron chi connectivity index (χ4n) is 2.48. The number of nitrogens with one attached hydrogen (secondary N) is 1. The molecule has 1 N–H and O–H groups in total. The Morgan fingerprint density at radius 1 is 0.957 bits per heavy atom. The molecule has 0 spiro atoms. The standard InChI is InChI=1S/C20H19NO2/c1-14-10-11-17(12-15(14)2)21-20(22)13-23-19-9-5-7-16-6-3-4-8-18(16)19/h3-12H,13H2,1-2H3,(H,21,22). The van der Waals surface area contributed by atoms with Crippen LogP contribution >= 0.6 is 0 Å². The minimum Gasteiger partial charge on any atom is -0.483 e. The van der Waals surface area contributed by atoms with Gasteiger partial charge in [-0.2, -0.15) is 0 Å². The van der Waals surface area contributed by atoms with E-state index in [4.69, 9.17) is 4.74 Å². The third-order valence-corrected chi connectivity index (χ3v) is 3.90. The first-order valence-electron chi connectivity index (χ1n) is 7.61. The Bertz CT molecular complexity index is 850. The quantitative estimate of drug-likeness (QED) is 0.772. The second-order valence-electron chi connectivity index (χ2n) is 5.61. The Labute approximate surface area is 135 Å². The number of benzene rings is 3. The van der Waals surface area contributed by atoms with Gasteiger partial charge in [-0.1, -0.05) is 42.5 Å². The van der Waals surface area contributed by atoms with Crippen LogP contribution < -0.4 is 10.1 Å². The summed E-state index contributed by atoms with van der Waals surface area (Å²) in [6, 6.07) is 19.7. The Balaban J connectivity index is 1.67. The van der Waals surface area contributed by atoms with Gasteiger partial charge in [0.1, 0.15) is 5.75 Å². The van der Waals surface area contributed by atoms with E-state index in [2.05, 4.69) is 5.32 Å². The molecule has 0 aromatic heterocycles. The maximum atomic E-state index is 12.1. The molecule has 3 nitrogen and oxygen atoms in total. The molecular weight excluding hydrogens is 286 g/mol. The number of rotatable bonds is 4. The van der Waals surface area contributed by atoms with E-state index in [0.29, 0.717) is 0 Å². The van der Waals surface area contributed by atoms with Crippen molar-refractivity contribution in [1.82, 2.24) is 0 Å². The van der Waals surface area contributed by atoms with E-state index in [1.807, 2.05) is 74.5 Å². The first-order chi connectivity index (χ1) is 11.1. The lowest BCUT2D eigenvalue weighted by Gasteiger charge is -2.10. The molecule has 23 heavy (non-hydrogen) atoms. The predicted molar refractivity (Wildman–Crippen MR) is 94.0 cm³/mol. The van der Waals surface area contributed by atoms with Crippen LogP contribution in [0.3, 0.4) is 0 Å². The third kappa shape index (κ3) is 3.51. The fraction of sp³-hybridized carbons (Fsp3) is 0.150. The van der Waals surface area contributed by atoms with E-state index in [9.17, 15) is 4.79 Å². The van der Waals surface area contributed by atoms with Crippen molar-refractivity contribution in [3.8, 4) is 5.75 Å². The van der Waals surface area contributed by atoms with Gasteiger partial charge in [-0.15, -0.1) is 0 Å². The maximum absolute atomic E-state index is 12.1. The van der Waals surface area contributed by atoms with E-state index < -0.39 is 0 Å². The second-order valence-corrected chi connectivity index (χ2v) is 5.61. The number of hydrogen-bond donors (Lipinski definition) is 1. The van der Waals surface area contributed by atoms with Crippen molar-refractivity contribution in [2.24, 2.45) is 0 Å². The number of aryl methyl sites for hydroxylation is 2. The summed E-state index contributed by atoms with van der Waals surface area (Å²) in [4.78, 5) is 12.1. The summed E-state index contributed by atoms with van der Waals surface area (Å²) in [6.45, 7) is 4.06. The Morgan fingerprint density at radius 2 is 1.74 bits per heavy atom. The van der Waals surface area contributed by atoms with Gasteiger partial charge in [0.2, 0.25) is 0 Å². The Kier molecular flexibility index (Phi) is 4.29. The summed E-state index contributed by atoms with van der Waals surface area (Å²) in [5.41, 5.74) is 3.15. The van der Waals surface area contributed by atoms with Gasteiger partial charge < -0.3 is 10.1 Å². The van der Waals surface area contributed by atoms with Crippen molar-refractivity contribution in [1.29, 1.82) is 0 Å². The molecule has 0 bridgehead atoms. The van der Waals surface area contributed by atoms with E-state index in [1.165, 1.54) is 5.56 Å². The van der Waals surface area contributed by atoms with Crippen molar-refractivity contribution >= 4 is 22.4 Å². The van der Waals surface area contributed by atoms with E-state index in [-0.39, 0.29) is 12.5 Å². The van der Waals surface area contributed by atoms with Crippen molar-refractivity contribution < 1.29 is 9.53 Å². The molecule has 116 valence electrons. The minimum absolute atomic E-state index is 0.0130. The maximum Gasteiger partial charge on any atom is 0.262 e. The van der Waals surface area contributed by atoms with E-state index >= 15 is 0 Å². The molecule has 3 aromatic rings. The average molecular weight is 305 g/mol. The molecule has 1 amide bonds. The number of anilines is 1. The summed E-state index contributed by atoms with van der Waals surface area (Å²) in [5.74, 6) is 0.555. The van der Waals surface area contributed by atoms with E-state index in [1.54, 1.807) is 0 Å². The summed E-state index contributed by atoms with van der Waals surface area (Å²) in [6.07, 6.45) is 0. The van der Waals surface area contributed by atoms with Crippen LogP contribution in [0, 0.1) is 13.8 Å². The Hall–Kier alpha value is -2.81. The molecule has 0 heterocycles. The number of amides is 1. The average Bonchev–Trinajstić information content (AvgIpc) is 2.56. The van der Waals surface area contributed by atoms with Crippen LogP contribution in [0.15, 0.2) is 60.7 Å². The van der Waals surface area contributed by atoms with Crippen molar-refractivity contribution in [2.45, 2.75) is 13.8 Å². The van der Waals surface area contributed by atoms with Gasteiger partial charge in [0.05, 0.1) is 0 Å². The molecule has 0 aliphatic rings. The number of carbonyl (C=O) groups is 1. The zero-order valence-corrected chi connectivity index (χ0v) is 13.3. The SMILES string of the molecule is Cc1ccc(NC(=O)COc2cccc3ccccc23)cc1C. The molecule has 0 aliphatic heterocycles. The molecule has 0 saturated carbocycles. The van der Waals surface area contributed by atoms with Gasteiger partial charge in [-0.25, -0.2) is 0 Å². The lowest BCUT2D eigenvalue weighted by atomic mass is 10.1. The molecule has 3 heteroatoms. The number of fused-ring (bicyclic) bond motifs is 1. The van der Waals surface area contributed by atoms with Crippen LogP contribution in [0.1, 0.15) is 11.1 Å². The molecule has 3 rings (SSSR count). The zero-order chi connectivity index (χ0) is 16.2. The van der Waals surface area contributed by atoms with Crippen LogP contribution in [0.25, 0.3) is 10.8 Å². The largest absolute Gasteiger partial charge is 0.483 e. The van der Waals surface area contributed by atoms with Gasteiger partial charge in [-0.3, -0.25) is 4.79 Å². The topological polar surface area (TPSA) is 38.3 Å². The molecule has 0 fully saturated rings. The van der Waals surface area contributed by atoms with Gasteiger partial charge in [0.15, 0.2) is 6.61 Å². The summed E-state index contributed by atoms with van der Waals surface area (Å²) < 4.78 is 5.70. The normalized spacial score (nSPS) is 10.5. The fourth-order valence-corrected chi connectivity index (χ4v) is 2.48. The van der Waals surface area contributed by atoms with Crippen molar-refractivity contribution in [2.75, 3.05) is 11.9 Å². The highest BCUT2D eigenvalue weighted by molar-refractivity contribution is 5.93. The highest BCUT2D eigenvalue weighted by atomic mass is 16.5. The van der Waals surface area contributed by atoms with Crippen LogP contribution in [-0.2, 0) is 4.79 Å². The molecular formula is C20H19NO2. The number of carbonyl (C=O) groups excluding carboxylic acids is 1. The van der Waals surface area contributed by atoms with Crippen LogP contribution in [-0.4, -0.2) is 12.5 Å². The van der Waals surface area contributed by atoms with Crippen molar-refractivity contribution in [3.63, 3.8) is 0 Å². The van der Waals surface area contributed by atoms with Gasteiger partial charge in [0, 0.05) is 11.1 Å². The van der Waals surface area contributed by atoms with Gasteiger partial charge in [-0.05, 0) is 48.6 Å². The van der Waals surface area contributed by atoms with Crippen LogP contribution in [0.5, 0.6) is 5.75 Å². The number of hydrogen-bond acceptors (Lipinski definition) is 2.